The van der Waals surface area contributed by atoms with Gasteiger partial charge in [-0.1, -0.05) is 19.1 Å². The van der Waals surface area contributed by atoms with Gasteiger partial charge >= 0.3 is 0 Å². The van der Waals surface area contributed by atoms with Crippen LogP contribution in [0.3, 0.4) is 0 Å². The summed E-state index contributed by atoms with van der Waals surface area (Å²) in [6.07, 6.45) is 3.07. The summed E-state index contributed by atoms with van der Waals surface area (Å²) in [4.78, 5) is 12.6. The van der Waals surface area contributed by atoms with Crippen molar-refractivity contribution in [1.29, 1.82) is 0 Å². The minimum absolute atomic E-state index is 0.0729. The first-order chi connectivity index (χ1) is 14.6. The van der Waals surface area contributed by atoms with Gasteiger partial charge in [-0.2, -0.15) is 5.10 Å². The predicted molar refractivity (Wildman–Crippen MR) is 114 cm³/mol. The van der Waals surface area contributed by atoms with E-state index in [9.17, 15) is 4.79 Å². The molecule has 2 aromatic carbocycles. The molecule has 7 heteroatoms. The summed E-state index contributed by atoms with van der Waals surface area (Å²) in [6.45, 7) is 2.12. The Morgan fingerprint density at radius 1 is 1.00 bits per heavy atom. The zero-order valence-corrected chi connectivity index (χ0v) is 17.6. The number of aromatic nitrogens is 2. The third-order valence-corrected chi connectivity index (χ3v) is 5.52. The number of benzene rings is 2. The molecule has 4 rings (SSSR count). The molecule has 1 unspecified atom stereocenters. The van der Waals surface area contributed by atoms with E-state index >= 15 is 0 Å². The van der Waals surface area contributed by atoms with Gasteiger partial charge in [-0.3, -0.25) is 4.79 Å². The molecule has 0 saturated heterocycles. The van der Waals surface area contributed by atoms with E-state index in [2.05, 4.69) is 29.5 Å². The maximum Gasteiger partial charge on any atom is 0.226 e. The van der Waals surface area contributed by atoms with Crippen molar-refractivity contribution in [1.82, 2.24) is 9.78 Å². The second-order valence-electron chi connectivity index (χ2n) is 7.13. The molecule has 0 fully saturated rings. The SMILES string of the molecule is CCc1ccc(-n2ncc3c2NC(=O)CC3c2cc(OC)c(OC)cc2OC)cc1. The van der Waals surface area contributed by atoms with E-state index in [-0.39, 0.29) is 11.8 Å². The third kappa shape index (κ3) is 3.36. The van der Waals surface area contributed by atoms with E-state index in [0.717, 1.165) is 23.2 Å². The molecule has 1 aliphatic heterocycles. The van der Waals surface area contributed by atoms with Crippen molar-refractivity contribution >= 4 is 11.7 Å². The first kappa shape index (κ1) is 19.8. The van der Waals surface area contributed by atoms with Crippen LogP contribution in [0.5, 0.6) is 17.2 Å². The Bertz CT molecular complexity index is 1070. The van der Waals surface area contributed by atoms with Crippen LogP contribution in [0.15, 0.2) is 42.6 Å². The molecule has 0 saturated carbocycles. The van der Waals surface area contributed by atoms with Crippen molar-refractivity contribution in [2.75, 3.05) is 26.6 Å². The lowest BCUT2D eigenvalue weighted by Crippen LogP contribution is -2.25. The van der Waals surface area contributed by atoms with Crippen LogP contribution in [0.2, 0.25) is 0 Å². The van der Waals surface area contributed by atoms with Crippen LogP contribution in [0.25, 0.3) is 5.69 Å². The van der Waals surface area contributed by atoms with Crippen molar-refractivity contribution in [3.05, 3.63) is 59.3 Å². The molecule has 1 atom stereocenters. The summed E-state index contributed by atoms with van der Waals surface area (Å²) in [6, 6.07) is 11.8. The second kappa shape index (κ2) is 8.10. The number of rotatable bonds is 6. The molecule has 1 aromatic heterocycles. The van der Waals surface area contributed by atoms with E-state index in [4.69, 9.17) is 14.2 Å². The Kier molecular flexibility index (Phi) is 5.35. The molecule has 0 bridgehead atoms. The number of anilines is 1. The number of hydrogen-bond acceptors (Lipinski definition) is 5. The van der Waals surface area contributed by atoms with Gasteiger partial charge in [0.05, 0.1) is 33.2 Å². The number of ether oxygens (including phenoxy) is 3. The molecule has 1 N–H and O–H groups in total. The zero-order valence-electron chi connectivity index (χ0n) is 17.6. The molecular weight excluding hydrogens is 382 g/mol. The third-order valence-electron chi connectivity index (χ3n) is 5.52. The van der Waals surface area contributed by atoms with Crippen molar-refractivity contribution < 1.29 is 19.0 Å². The fraction of sp³-hybridized carbons (Fsp3) is 0.304. The monoisotopic (exact) mass is 407 g/mol. The van der Waals surface area contributed by atoms with Gasteiger partial charge in [-0.05, 0) is 30.2 Å². The van der Waals surface area contributed by atoms with E-state index < -0.39 is 0 Å². The number of nitrogens with zero attached hydrogens (tertiary/aromatic N) is 2. The molecule has 0 spiro atoms. The van der Waals surface area contributed by atoms with Crippen LogP contribution < -0.4 is 19.5 Å². The highest BCUT2D eigenvalue weighted by Gasteiger charge is 2.33. The predicted octanol–water partition coefficient (Wildman–Crippen LogP) is 3.93. The number of amides is 1. The summed E-state index contributed by atoms with van der Waals surface area (Å²) in [5.74, 6) is 2.19. The van der Waals surface area contributed by atoms with Gasteiger partial charge in [-0.15, -0.1) is 0 Å². The highest BCUT2D eigenvalue weighted by molar-refractivity contribution is 5.95. The molecule has 7 nitrogen and oxygen atoms in total. The lowest BCUT2D eigenvalue weighted by Gasteiger charge is -2.26. The highest BCUT2D eigenvalue weighted by atomic mass is 16.5. The number of hydrogen-bond donors (Lipinski definition) is 1. The van der Waals surface area contributed by atoms with E-state index in [1.165, 1.54) is 5.56 Å². The van der Waals surface area contributed by atoms with Crippen LogP contribution in [0, 0.1) is 0 Å². The Balaban J connectivity index is 1.82. The topological polar surface area (TPSA) is 74.6 Å². The van der Waals surface area contributed by atoms with Crippen molar-refractivity contribution in [2.45, 2.75) is 25.7 Å². The maximum absolute atomic E-state index is 12.6. The lowest BCUT2D eigenvalue weighted by atomic mass is 9.86. The molecule has 2 heterocycles. The average molecular weight is 407 g/mol. The molecule has 30 heavy (non-hydrogen) atoms. The Hall–Kier alpha value is -3.48. The van der Waals surface area contributed by atoms with Crippen molar-refractivity contribution in [3.8, 4) is 22.9 Å². The summed E-state index contributed by atoms with van der Waals surface area (Å²) >= 11 is 0. The number of nitrogens with one attached hydrogen (secondary N) is 1. The van der Waals surface area contributed by atoms with Gasteiger partial charge in [0.25, 0.3) is 0 Å². The van der Waals surface area contributed by atoms with E-state index in [1.807, 2.05) is 24.4 Å². The molecule has 3 aromatic rings. The van der Waals surface area contributed by atoms with Gasteiger partial charge in [0.2, 0.25) is 5.91 Å². The highest BCUT2D eigenvalue weighted by Crippen LogP contribution is 2.45. The van der Waals surface area contributed by atoms with E-state index in [0.29, 0.717) is 29.5 Å². The van der Waals surface area contributed by atoms with Gasteiger partial charge in [-0.25, -0.2) is 4.68 Å². The maximum atomic E-state index is 12.6. The van der Waals surface area contributed by atoms with Crippen LogP contribution >= 0.6 is 0 Å². The van der Waals surface area contributed by atoms with Crippen LogP contribution in [0.4, 0.5) is 5.82 Å². The Morgan fingerprint density at radius 3 is 2.30 bits per heavy atom. The first-order valence-corrected chi connectivity index (χ1v) is 9.86. The number of aryl methyl sites for hydroxylation is 1. The van der Waals surface area contributed by atoms with Gasteiger partial charge in [0.15, 0.2) is 11.5 Å². The van der Waals surface area contributed by atoms with Crippen LogP contribution in [-0.4, -0.2) is 37.0 Å². The Labute approximate surface area is 175 Å². The smallest absolute Gasteiger partial charge is 0.226 e. The molecule has 1 amide bonds. The molecule has 156 valence electrons. The van der Waals surface area contributed by atoms with Crippen molar-refractivity contribution in [2.24, 2.45) is 0 Å². The number of fused-ring (bicyclic) bond motifs is 1. The molecular formula is C23H25N3O4. The molecule has 1 aliphatic rings. The summed E-state index contributed by atoms with van der Waals surface area (Å²) in [5, 5.41) is 7.56. The first-order valence-electron chi connectivity index (χ1n) is 9.86. The summed E-state index contributed by atoms with van der Waals surface area (Å²) < 4.78 is 18.3. The van der Waals surface area contributed by atoms with E-state index in [1.54, 1.807) is 32.1 Å². The summed E-state index contributed by atoms with van der Waals surface area (Å²) in [7, 11) is 4.77. The lowest BCUT2D eigenvalue weighted by molar-refractivity contribution is -0.116. The standard InChI is InChI=1S/C23H25N3O4/c1-5-14-6-8-15(9-7-14)26-23-18(13-24-26)16(11-22(27)25-23)17-10-20(29-3)21(30-4)12-19(17)28-2/h6-10,12-13,16H,5,11H2,1-4H3,(H,25,27). The zero-order chi connectivity index (χ0) is 21.3. The largest absolute Gasteiger partial charge is 0.496 e. The molecule has 0 aliphatic carbocycles. The quantitative estimate of drug-likeness (QED) is 0.670. The molecule has 0 radical (unpaired) electrons. The number of carbonyl (C=O) groups is 1. The van der Waals surface area contributed by atoms with Gasteiger partial charge in [0.1, 0.15) is 11.6 Å². The number of methoxy groups -OCH3 is 3. The fourth-order valence-electron chi connectivity index (χ4n) is 3.89. The number of carbonyl (C=O) groups excluding carboxylic acids is 1. The normalized spacial score (nSPS) is 15.3. The second-order valence-corrected chi connectivity index (χ2v) is 7.13. The van der Waals surface area contributed by atoms with Gasteiger partial charge in [0, 0.05) is 29.5 Å². The minimum atomic E-state index is -0.216. The van der Waals surface area contributed by atoms with Crippen molar-refractivity contribution in [3.63, 3.8) is 0 Å². The average Bonchev–Trinajstić information content (AvgIpc) is 3.21. The fourth-order valence-corrected chi connectivity index (χ4v) is 3.89. The van der Waals surface area contributed by atoms with Crippen LogP contribution in [0.1, 0.15) is 36.0 Å². The Morgan fingerprint density at radius 2 is 1.67 bits per heavy atom. The van der Waals surface area contributed by atoms with Crippen LogP contribution in [-0.2, 0) is 11.2 Å². The minimum Gasteiger partial charge on any atom is -0.496 e. The van der Waals surface area contributed by atoms with Gasteiger partial charge < -0.3 is 19.5 Å². The summed E-state index contributed by atoms with van der Waals surface area (Å²) in [5.41, 5.74) is 3.93.